The molecule has 0 saturated carbocycles. The van der Waals surface area contributed by atoms with Crippen LogP contribution in [0.2, 0.25) is 5.02 Å². The van der Waals surface area contributed by atoms with E-state index >= 15 is 0 Å². The van der Waals surface area contributed by atoms with Crippen LogP contribution in [0.5, 0.6) is 5.75 Å². The second-order valence-electron chi connectivity index (χ2n) is 3.33. The summed E-state index contributed by atoms with van der Waals surface area (Å²) in [5.74, 6) is -0.217. The number of benzene rings is 1. The fraction of sp³-hybridized carbons (Fsp3) is 0.0833. The van der Waals surface area contributed by atoms with Gasteiger partial charge in [-0.2, -0.15) is 0 Å². The maximum Gasteiger partial charge on any atom is 0.165 e. The molecule has 0 unspecified atom stereocenters. The minimum atomic E-state index is -0.404. The van der Waals surface area contributed by atoms with Crippen molar-refractivity contribution in [2.75, 3.05) is 0 Å². The minimum Gasteiger partial charge on any atom is -0.486 e. The molecule has 0 amide bonds. The van der Waals surface area contributed by atoms with E-state index in [0.29, 0.717) is 5.02 Å². The van der Waals surface area contributed by atoms with Gasteiger partial charge >= 0.3 is 0 Å². The summed E-state index contributed by atoms with van der Waals surface area (Å²) in [5, 5.41) is 0.503. The standard InChI is InChI=1S/C12H8BrClFNO/c13-9-1-2-11(15)12(5-9)17-7-8-3-4-16-6-10(8)14/h1-6H,7H2. The number of hydrogen-bond acceptors (Lipinski definition) is 2. The summed E-state index contributed by atoms with van der Waals surface area (Å²) in [6, 6.07) is 6.26. The summed E-state index contributed by atoms with van der Waals surface area (Å²) in [6.07, 6.45) is 3.14. The van der Waals surface area contributed by atoms with E-state index in [-0.39, 0.29) is 12.4 Å². The molecule has 2 nitrogen and oxygen atoms in total. The molecule has 0 radical (unpaired) electrons. The van der Waals surface area contributed by atoms with Gasteiger partial charge in [0.25, 0.3) is 0 Å². The Morgan fingerprint density at radius 2 is 2.18 bits per heavy atom. The van der Waals surface area contributed by atoms with Gasteiger partial charge in [-0.1, -0.05) is 27.5 Å². The summed E-state index contributed by atoms with van der Waals surface area (Å²) >= 11 is 9.17. The summed E-state index contributed by atoms with van der Waals surface area (Å²) < 4.78 is 19.5. The molecule has 0 bridgehead atoms. The average molecular weight is 317 g/mol. The van der Waals surface area contributed by atoms with Gasteiger partial charge in [-0.15, -0.1) is 0 Å². The number of aromatic nitrogens is 1. The zero-order valence-electron chi connectivity index (χ0n) is 8.66. The summed E-state index contributed by atoms with van der Waals surface area (Å²) in [5.41, 5.74) is 0.765. The predicted molar refractivity (Wildman–Crippen MR) is 67.7 cm³/mol. The summed E-state index contributed by atoms with van der Waals surface area (Å²) in [7, 11) is 0. The molecule has 0 saturated heterocycles. The molecule has 1 heterocycles. The number of rotatable bonds is 3. The lowest BCUT2D eigenvalue weighted by Gasteiger charge is -2.08. The lowest BCUT2D eigenvalue weighted by molar-refractivity contribution is 0.290. The Kier molecular flexibility index (Phi) is 3.97. The van der Waals surface area contributed by atoms with E-state index in [9.17, 15) is 4.39 Å². The molecular weight excluding hydrogens is 308 g/mol. The molecule has 1 aromatic heterocycles. The number of ether oxygens (including phenoxy) is 1. The van der Waals surface area contributed by atoms with Crippen molar-refractivity contribution in [3.05, 3.63) is 57.5 Å². The third kappa shape index (κ3) is 3.17. The van der Waals surface area contributed by atoms with E-state index in [1.807, 2.05) is 0 Å². The van der Waals surface area contributed by atoms with E-state index in [2.05, 4.69) is 20.9 Å². The molecular formula is C12H8BrClFNO. The Balaban J connectivity index is 2.12. The first kappa shape index (κ1) is 12.3. The maximum atomic E-state index is 13.4. The molecule has 5 heteroatoms. The van der Waals surface area contributed by atoms with Crippen molar-refractivity contribution in [1.29, 1.82) is 0 Å². The van der Waals surface area contributed by atoms with Crippen LogP contribution < -0.4 is 4.74 Å². The average Bonchev–Trinajstić information content (AvgIpc) is 2.32. The fourth-order valence-electron chi connectivity index (χ4n) is 1.26. The van der Waals surface area contributed by atoms with Gasteiger partial charge in [0.15, 0.2) is 11.6 Å². The van der Waals surface area contributed by atoms with Gasteiger partial charge in [0.1, 0.15) is 6.61 Å². The first-order chi connectivity index (χ1) is 8.16. The Hall–Kier alpha value is -1.13. The number of halogens is 3. The number of hydrogen-bond donors (Lipinski definition) is 0. The zero-order valence-corrected chi connectivity index (χ0v) is 11.0. The van der Waals surface area contributed by atoms with Crippen LogP contribution >= 0.6 is 27.5 Å². The molecule has 17 heavy (non-hydrogen) atoms. The van der Waals surface area contributed by atoms with Crippen LogP contribution in [0.3, 0.4) is 0 Å². The van der Waals surface area contributed by atoms with E-state index < -0.39 is 5.82 Å². The first-order valence-electron chi connectivity index (χ1n) is 4.83. The van der Waals surface area contributed by atoms with Crippen molar-refractivity contribution in [2.24, 2.45) is 0 Å². The van der Waals surface area contributed by atoms with Crippen LogP contribution in [0.25, 0.3) is 0 Å². The smallest absolute Gasteiger partial charge is 0.165 e. The minimum absolute atomic E-state index is 0.187. The monoisotopic (exact) mass is 315 g/mol. The van der Waals surface area contributed by atoms with E-state index in [0.717, 1.165) is 10.0 Å². The molecule has 0 fully saturated rings. The van der Waals surface area contributed by atoms with Gasteiger partial charge in [0, 0.05) is 22.4 Å². The highest BCUT2D eigenvalue weighted by atomic mass is 79.9. The Bertz CT molecular complexity index is 536. The highest BCUT2D eigenvalue weighted by Gasteiger charge is 2.06. The van der Waals surface area contributed by atoms with Crippen molar-refractivity contribution < 1.29 is 9.13 Å². The zero-order chi connectivity index (χ0) is 12.3. The van der Waals surface area contributed by atoms with Gasteiger partial charge in [-0.3, -0.25) is 4.98 Å². The van der Waals surface area contributed by atoms with E-state index in [1.54, 1.807) is 24.4 Å². The van der Waals surface area contributed by atoms with Crippen molar-refractivity contribution in [2.45, 2.75) is 6.61 Å². The second-order valence-corrected chi connectivity index (χ2v) is 4.65. The first-order valence-corrected chi connectivity index (χ1v) is 6.00. The van der Waals surface area contributed by atoms with Crippen LogP contribution in [0.15, 0.2) is 41.1 Å². The third-order valence-corrected chi connectivity index (χ3v) is 2.97. The predicted octanol–water partition coefficient (Wildman–Crippen LogP) is 4.22. The molecule has 0 atom stereocenters. The van der Waals surface area contributed by atoms with E-state index in [1.165, 1.54) is 12.3 Å². The molecule has 1 aromatic carbocycles. The van der Waals surface area contributed by atoms with Gasteiger partial charge in [0.2, 0.25) is 0 Å². The van der Waals surface area contributed by atoms with Crippen molar-refractivity contribution in [1.82, 2.24) is 4.98 Å². The summed E-state index contributed by atoms with van der Waals surface area (Å²) in [6.45, 7) is 0.203. The Morgan fingerprint density at radius 1 is 1.35 bits per heavy atom. The molecule has 2 rings (SSSR count). The molecule has 88 valence electrons. The normalized spacial score (nSPS) is 10.3. The molecule has 0 aliphatic heterocycles. The van der Waals surface area contributed by atoms with Gasteiger partial charge in [-0.25, -0.2) is 4.39 Å². The van der Waals surface area contributed by atoms with Crippen LogP contribution in [0.1, 0.15) is 5.56 Å². The molecule has 0 N–H and O–H groups in total. The van der Waals surface area contributed by atoms with E-state index in [4.69, 9.17) is 16.3 Å². The molecule has 0 spiro atoms. The third-order valence-electron chi connectivity index (χ3n) is 2.13. The van der Waals surface area contributed by atoms with Gasteiger partial charge < -0.3 is 4.74 Å². The lowest BCUT2D eigenvalue weighted by atomic mass is 10.3. The lowest BCUT2D eigenvalue weighted by Crippen LogP contribution is -1.98. The number of pyridine rings is 1. The molecule has 0 aliphatic carbocycles. The van der Waals surface area contributed by atoms with Crippen molar-refractivity contribution >= 4 is 27.5 Å². The van der Waals surface area contributed by atoms with Gasteiger partial charge in [-0.05, 0) is 24.3 Å². The van der Waals surface area contributed by atoms with Gasteiger partial charge in [0.05, 0.1) is 5.02 Å². The molecule has 0 aliphatic rings. The molecule has 2 aromatic rings. The Morgan fingerprint density at radius 3 is 2.94 bits per heavy atom. The highest BCUT2D eigenvalue weighted by Crippen LogP contribution is 2.24. The Labute approximate surface area is 112 Å². The van der Waals surface area contributed by atoms with Crippen molar-refractivity contribution in [3.8, 4) is 5.75 Å². The van der Waals surface area contributed by atoms with Crippen LogP contribution in [0, 0.1) is 5.82 Å². The number of nitrogens with zero attached hydrogens (tertiary/aromatic N) is 1. The topological polar surface area (TPSA) is 22.1 Å². The second kappa shape index (κ2) is 5.47. The summed E-state index contributed by atoms with van der Waals surface area (Å²) in [4.78, 5) is 3.86. The fourth-order valence-corrected chi connectivity index (χ4v) is 1.78. The van der Waals surface area contributed by atoms with Crippen LogP contribution in [0.4, 0.5) is 4.39 Å². The largest absolute Gasteiger partial charge is 0.486 e. The quantitative estimate of drug-likeness (QED) is 0.846. The SMILES string of the molecule is Fc1ccc(Br)cc1OCc1ccncc1Cl. The highest BCUT2D eigenvalue weighted by molar-refractivity contribution is 9.10. The van der Waals surface area contributed by atoms with Crippen molar-refractivity contribution in [3.63, 3.8) is 0 Å². The maximum absolute atomic E-state index is 13.4. The van der Waals surface area contributed by atoms with Crippen LogP contribution in [-0.2, 0) is 6.61 Å². The van der Waals surface area contributed by atoms with Crippen LogP contribution in [-0.4, -0.2) is 4.98 Å².